The van der Waals surface area contributed by atoms with Crippen molar-refractivity contribution in [2.45, 2.75) is 20.3 Å². The molecule has 1 amide bonds. The van der Waals surface area contributed by atoms with Crippen LogP contribution < -0.4 is 10.1 Å². The number of para-hydroxylation sites is 1. The fourth-order valence-electron chi connectivity index (χ4n) is 2.99. The maximum Gasteiger partial charge on any atom is 0.341 e. The first-order valence-corrected chi connectivity index (χ1v) is 10.3. The molecule has 1 N–H and O–H groups in total. The van der Waals surface area contributed by atoms with E-state index in [2.05, 4.69) is 12.2 Å². The topological polar surface area (TPSA) is 64.6 Å². The zero-order chi connectivity index (χ0) is 20.8. The van der Waals surface area contributed by atoms with Gasteiger partial charge in [-0.15, -0.1) is 11.3 Å². The number of ether oxygens (including phenoxy) is 2. The van der Waals surface area contributed by atoms with Crippen LogP contribution in [0.15, 0.2) is 53.9 Å². The van der Waals surface area contributed by atoms with Crippen LogP contribution in [0.2, 0.25) is 0 Å². The first-order chi connectivity index (χ1) is 14.1. The van der Waals surface area contributed by atoms with Gasteiger partial charge in [-0.3, -0.25) is 4.79 Å². The number of aryl methyl sites for hydroxylation is 1. The van der Waals surface area contributed by atoms with Gasteiger partial charge >= 0.3 is 5.97 Å². The summed E-state index contributed by atoms with van der Waals surface area (Å²) in [6.07, 6.45) is 0.939. The summed E-state index contributed by atoms with van der Waals surface area (Å²) in [6.45, 7) is 4.40. The Bertz CT molecular complexity index is 1010. The highest BCUT2D eigenvalue weighted by Crippen LogP contribution is 2.37. The van der Waals surface area contributed by atoms with Crippen LogP contribution in [-0.4, -0.2) is 25.6 Å². The lowest BCUT2D eigenvalue weighted by Gasteiger charge is -2.11. The number of methoxy groups -OCH3 is 1. The van der Waals surface area contributed by atoms with Crippen molar-refractivity contribution in [1.82, 2.24) is 0 Å². The van der Waals surface area contributed by atoms with Gasteiger partial charge in [0.2, 0.25) is 0 Å². The number of rotatable bonds is 7. The molecule has 3 aromatic rings. The molecule has 0 bridgehead atoms. The molecule has 0 aliphatic carbocycles. The summed E-state index contributed by atoms with van der Waals surface area (Å²) >= 11 is 1.29. The number of hydrogen-bond acceptors (Lipinski definition) is 5. The third kappa shape index (κ3) is 4.49. The average molecular weight is 410 g/mol. The smallest absolute Gasteiger partial charge is 0.341 e. The number of benzene rings is 2. The van der Waals surface area contributed by atoms with Gasteiger partial charge < -0.3 is 14.8 Å². The Morgan fingerprint density at radius 1 is 1.03 bits per heavy atom. The van der Waals surface area contributed by atoms with Gasteiger partial charge in [-0.25, -0.2) is 4.79 Å². The molecule has 1 heterocycles. The Labute approximate surface area is 174 Å². The second-order valence-corrected chi connectivity index (χ2v) is 7.16. The second kappa shape index (κ2) is 9.39. The highest BCUT2D eigenvalue weighted by atomic mass is 32.1. The quantitative estimate of drug-likeness (QED) is 0.530. The zero-order valence-electron chi connectivity index (χ0n) is 16.7. The standard InChI is InChI=1S/C23H23NO4S/c1-4-15-10-12-16(13-11-15)18-14-29-22(20(18)23(26)27-3)24-21(25)17-8-6-7-9-19(17)28-5-2/h6-14H,4-5H2,1-3H3,(H,24,25). The molecule has 0 saturated heterocycles. The molecule has 3 rings (SSSR count). The Balaban J connectivity index is 1.96. The Morgan fingerprint density at radius 2 is 1.76 bits per heavy atom. The fraction of sp³-hybridized carbons (Fsp3) is 0.217. The van der Waals surface area contributed by atoms with Crippen LogP contribution >= 0.6 is 11.3 Å². The van der Waals surface area contributed by atoms with Gasteiger partial charge in [-0.2, -0.15) is 0 Å². The van der Waals surface area contributed by atoms with Crippen LogP contribution in [0.25, 0.3) is 11.1 Å². The van der Waals surface area contributed by atoms with Crippen molar-refractivity contribution in [3.63, 3.8) is 0 Å². The van der Waals surface area contributed by atoms with E-state index in [9.17, 15) is 9.59 Å². The normalized spacial score (nSPS) is 10.4. The van der Waals surface area contributed by atoms with Crippen LogP contribution in [0, 0.1) is 0 Å². The van der Waals surface area contributed by atoms with Crippen molar-refractivity contribution < 1.29 is 19.1 Å². The summed E-state index contributed by atoms with van der Waals surface area (Å²) in [5.41, 5.74) is 3.60. The Hall–Kier alpha value is -3.12. The van der Waals surface area contributed by atoms with Crippen LogP contribution in [0.4, 0.5) is 5.00 Å². The molecule has 5 nitrogen and oxygen atoms in total. The van der Waals surface area contributed by atoms with Crippen LogP contribution in [0.3, 0.4) is 0 Å². The van der Waals surface area contributed by atoms with E-state index in [0.717, 1.165) is 17.5 Å². The van der Waals surface area contributed by atoms with E-state index in [1.54, 1.807) is 18.2 Å². The highest BCUT2D eigenvalue weighted by molar-refractivity contribution is 7.15. The van der Waals surface area contributed by atoms with Crippen molar-refractivity contribution in [3.05, 3.63) is 70.6 Å². The molecule has 0 atom stereocenters. The minimum absolute atomic E-state index is 0.339. The minimum atomic E-state index is -0.491. The second-order valence-electron chi connectivity index (χ2n) is 6.28. The molecule has 150 valence electrons. The first kappa shape index (κ1) is 20.6. The predicted molar refractivity (Wildman–Crippen MR) is 116 cm³/mol. The Kier molecular flexibility index (Phi) is 6.67. The number of carbonyl (C=O) groups excluding carboxylic acids is 2. The van der Waals surface area contributed by atoms with E-state index in [1.165, 1.54) is 24.0 Å². The minimum Gasteiger partial charge on any atom is -0.493 e. The molecule has 29 heavy (non-hydrogen) atoms. The maximum absolute atomic E-state index is 12.9. The number of thiophene rings is 1. The first-order valence-electron chi connectivity index (χ1n) is 9.41. The SMILES string of the molecule is CCOc1ccccc1C(=O)Nc1scc(-c2ccc(CC)cc2)c1C(=O)OC. The van der Waals surface area contributed by atoms with Gasteiger partial charge in [-0.1, -0.05) is 43.3 Å². The molecule has 0 unspecified atom stereocenters. The van der Waals surface area contributed by atoms with E-state index in [-0.39, 0.29) is 5.91 Å². The van der Waals surface area contributed by atoms with Crippen molar-refractivity contribution >= 4 is 28.2 Å². The van der Waals surface area contributed by atoms with Crippen molar-refractivity contribution in [2.24, 2.45) is 0 Å². The summed E-state index contributed by atoms with van der Waals surface area (Å²) in [5.74, 6) is -0.331. The zero-order valence-corrected chi connectivity index (χ0v) is 17.5. The fourth-order valence-corrected chi connectivity index (χ4v) is 3.95. The number of amides is 1. The van der Waals surface area contributed by atoms with Gasteiger partial charge in [0.05, 0.1) is 19.3 Å². The largest absolute Gasteiger partial charge is 0.493 e. The molecular weight excluding hydrogens is 386 g/mol. The molecular formula is C23H23NO4S. The molecule has 0 radical (unpaired) electrons. The summed E-state index contributed by atoms with van der Waals surface area (Å²) < 4.78 is 10.5. The van der Waals surface area contributed by atoms with Gasteiger partial charge in [0.15, 0.2) is 0 Å². The summed E-state index contributed by atoms with van der Waals surface area (Å²) in [5, 5.41) is 5.16. The van der Waals surface area contributed by atoms with E-state index >= 15 is 0 Å². The monoisotopic (exact) mass is 409 g/mol. The van der Waals surface area contributed by atoms with Gasteiger partial charge in [0, 0.05) is 10.9 Å². The molecule has 0 fully saturated rings. The number of esters is 1. The summed E-state index contributed by atoms with van der Waals surface area (Å²) in [4.78, 5) is 25.4. The lowest BCUT2D eigenvalue weighted by atomic mass is 10.0. The third-order valence-electron chi connectivity index (χ3n) is 4.51. The number of anilines is 1. The van der Waals surface area contributed by atoms with E-state index in [1.807, 2.05) is 42.6 Å². The van der Waals surface area contributed by atoms with Crippen LogP contribution in [0.5, 0.6) is 5.75 Å². The molecule has 0 aliphatic rings. The van der Waals surface area contributed by atoms with Crippen molar-refractivity contribution in [1.29, 1.82) is 0 Å². The Morgan fingerprint density at radius 3 is 2.41 bits per heavy atom. The van der Waals surface area contributed by atoms with E-state index in [0.29, 0.717) is 28.5 Å². The molecule has 0 spiro atoms. The number of nitrogens with one attached hydrogen (secondary N) is 1. The van der Waals surface area contributed by atoms with Gasteiger partial charge in [0.1, 0.15) is 16.3 Å². The lowest BCUT2D eigenvalue weighted by molar-refractivity contribution is 0.0603. The third-order valence-corrected chi connectivity index (χ3v) is 5.41. The number of carbonyl (C=O) groups is 2. The molecule has 2 aromatic carbocycles. The van der Waals surface area contributed by atoms with Crippen LogP contribution in [0.1, 0.15) is 40.1 Å². The molecule has 6 heteroatoms. The van der Waals surface area contributed by atoms with Crippen molar-refractivity contribution in [3.8, 4) is 16.9 Å². The van der Waals surface area contributed by atoms with Crippen molar-refractivity contribution in [2.75, 3.05) is 19.0 Å². The summed E-state index contributed by atoms with van der Waals surface area (Å²) in [6, 6.07) is 15.0. The highest BCUT2D eigenvalue weighted by Gasteiger charge is 2.23. The number of hydrogen-bond donors (Lipinski definition) is 1. The lowest BCUT2D eigenvalue weighted by Crippen LogP contribution is -2.15. The van der Waals surface area contributed by atoms with E-state index < -0.39 is 5.97 Å². The molecule has 0 aliphatic heterocycles. The average Bonchev–Trinajstić information content (AvgIpc) is 3.17. The summed E-state index contributed by atoms with van der Waals surface area (Å²) in [7, 11) is 1.33. The maximum atomic E-state index is 12.9. The van der Waals surface area contributed by atoms with Gasteiger partial charge in [0.25, 0.3) is 5.91 Å². The predicted octanol–water partition coefficient (Wildman–Crippen LogP) is 5.42. The molecule has 0 saturated carbocycles. The van der Waals surface area contributed by atoms with Crippen LogP contribution in [-0.2, 0) is 11.2 Å². The van der Waals surface area contributed by atoms with Gasteiger partial charge in [-0.05, 0) is 36.6 Å². The molecule has 1 aromatic heterocycles. The van der Waals surface area contributed by atoms with E-state index in [4.69, 9.17) is 9.47 Å².